The summed E-state index contributed by atoms with van der Waals surface area (Å²) in [6.07, 6.45) is 22.9. The summed E-state index contributed by atoms with van der Waals surface area (Å²) >= 11 is 0. The third-order valence-electron chi connectivity index (χ3n) is 5.88. The van der Waals surface area contributed by atoms with Gasteiger partial charge in [-0.1, -0.05) is 32.3 Å². The number of rotatable bonds is 8. The molecule has 0 N–H and O–H groups in total. The SMILES string of the molecule is C=CCC[C@H]1CC[C@H]([C@H]2CC[C@H](OC=CCCC)CC2)CC1. The lowest BCUT2D eigenvalue weighted by Gasteiger charge is -2.37. The van der Waals surface area contributed by atoms with Gasteiger partial charge in [-0.25, -0.2) is 0 Å². The Morgan fingerprint density at radius 2 is 1.55 bits per heavy atom. The van der Waals surface area contributed by atoms with Gasteiger partial charge < -0.3 is 4.74 Å². The van der Waals surface area contributed by atoms with Crippen LogP contribution in [0, 0.1) is 17.8 Å². The van der Waals surface area contributed by atoms with Gasteiger partial charge in [-0.05, 0) is 81.6 Å². The molecule has 0 aromatic heterocycles. The van der Waals surface area contributed by atoms with Crippen molar-refractivity contribution in [2.45, 2.75) is 90.1 Å². The summed E-state index contributed by atoms with van der Waals surface area (Å²) in [6, 6.07) is 0. The van der Waals surface area contributed by atoms with E-state index >= 15 is 0 Å². The Hall–Kier alpha value is -0.720. The molecule has 0 amide bonds. The summed E-state index contributed by atoms with van der Waals surface area (Å²) in [4.78, 5) is 0. The summed E-state index contributed by atoms with van der Waals surface area (Å²) in [7, 11) is 0. The van der Waals surface area contributed by atoms with Crippen molar-refractivity contribution in [3.8, 4) is 0 Å². The van der Waals surface area contributed by atoms with Crippen LogP contribution in [0.4, 0.5) is 0 Å². The quantitative estimate of drug-likeness (QED) is 0.360. The first-order valence-electron chi connectivity index (χ1n) is 9.74. The molecular formula is C21H36O. The molecule has 126 valence electrons. The Morgan fingerprint density at radius 1 is 0.909 bits per heavy atom. The van der Waals surface area contributed by atoms with Crippen molar-refractivity contribution in [3.05, 3.63) is 25.0 Å². The van der Waals surface area contributed by atoms with Gasteiger partial charge in [-0.3, -0.25) is 0 Å². The number of unbranched alkanes of at least 4 members (excludes halogenated alkanes) is 1. The standard InChI is InChI=1S/C21H36O/c1-3-5-7-17-22-21-15-13-20(14-16-21)19-11-9-18(10-12-19)8-6-4-2/h4,7,17-21H,2-3,5-6,8-16H2,1H3/t18-,19-,20-,21-. The van der Waals surface area contributed by atoms with Crippen LogP contribution in [0.5, 0.6) is 0 Å². The molecule has 0 heterocycles. The normalized spacial score (nSPS) is 33.0. The summed E-state index contributed by atoms with van der Waals surface area (Å²) in [5.41, 5.74) is 0. The maximum atomic E-state index is 5.89. The monoisotopic (exact) mass is 304 g/mol. The average molecular weight is 305 g/mol. The minimum atomic E-state index is 0.494. The third kappa shape index (κ3) is 5.82. The summed E-state index contributed by atoms with van der Waals surface area (Å²) < 4.78 is 5.89. The highest BCUT2D eigenvalue weighted by Gasteiger charge is 2.30. The van der Waals surface area contributed by atoms with E-state index in [1.165, 1.54) is 70.6 Å². The van der Waals surface area contributed by atoms with Gasteiger partial charge in [0.2, 0.25) is 0 Å². The second-order valence-electron chi connectivity index (χ2n) is 7.48. The van der Waals surface area contributed by atoms with Crippen molar-refractivity contribution in [3.63, 3.8) is 0 Å². The highest BCUT2D eigenvalue weighted by atomic mass is 16.5. The zero-order chi connectivity index (χ0) is 15.6. The topological polar surface area (TPSA) is 9.23 Å². The molecule has 0 aliphatic heterocycles. The largest absolute Gasteiger partial charge is 0.498 e. The van der Waals surface area contributed by atoms with E-state index in [1.807, 2.05) is 6.26 Å². The van der Waals surface area contributed by atoms with E-state index in [1.54, 1.807) is 0 Å². The van der Waals surface area contributed by atoms with Crippen LogP contribution in [0.25, 0.3) is 0 Å². The molecular weight excluding hydrogens is 268 g/mol. The van der Waals surface area contributed by atoms with E-state index in [4.69, 9.17) is 4.74 Å². The van der Waals surface area contributed by atoms with Gasteiger partial charge in [-0.15, -0.1) is 6.58 Å². The molecule has 2 saturated carbocycles. The highest BCUT2D eigenvalue weighted by Crippen LogP contribution is 2.41. The van der Waals surface area contributed by atoms with Crippen LogP contribution in [0.3, 0.4) is 0 Å². The molecule has 1 heteroatoms. The second-order valence-corrected chi connectivity index (χ2v) is 7.48. The highest BCUT2D eigenvalue weighted by molar-refractivity contribution is 4.84. The predicted octanol–water partition coefficient (Wildman–Crippen LogP) is 6.65. The Kier molecular flexibility index (Phi) is 8.12. The first-order chi connectivity index (χ1) is 10.8. The summed E-state index contributed by atoms with van der Waals surface area (Å²) in [5, 5.41) is 0. The molecule has 2 aliphatic carbocycles. The van der Waals surface area contributed by atoms with Crippen LogP contribution in [0.15, 0.2) is 25.0 Å². The van der Waals surface area contributed by atoms with Crippen molar-refractivity contribution in [2.75, 3.05) is 0 Å². The molecule has 0 saturated heterocycles. The third-order valence-corrected chi connectivity index (χ3v) is 5.88. The molecule has 0 spiro atoms. The van der Waals surface area contributed by atoms with Gasteiger partial charge in [-0.2, -0.15) is 0 Å². The lowest BCUT2D eigenvalue weighted by molar-refractivity contribution is 0.0629. The zero-order valence-electron chi connectivity index (χ0n) is 14.6. The van der Waals surface area contributed by atoms with Crippen molar-refractivity contribution < 1.29 is 4.74 Å². The molecule has 22 heavy (non-hydrogen) atoms. The van der Waals surface area contributed by atoms with E-state index in [9.17, 15) is 0 Å². The molecule has 2 aliphatic rings. The van der Waals surface area contributed by atoms with Gasteiger partial charge >= 0.3 is 0 Å². The lowest BCUT2D eigenvalue weighted by Crippen LogP contribution is -2.28. The van der Waals surface area contributed by atoms with Crippen LogP contribution in [-0.4, -0.2) is 6.10 Å². The number of allylic oxidation sites excluding steroid dienone is 2. The fourth-order valence-corrected chi connectivity index (χ4v) is 4.40. The molecule has 0 aromatic carbocycles. The van der Waals surface area contributed by atoms with Crippen molar-refractivity contribution in [2.24, 2.45) is 17.8 Å². The Bertz CT molecular complexity index is 317. The van der Waals surface area contributed by atoms with E-state index in [0.717, 1.165) is 24.2 Å². The van der Waals surface area contributed by atoms with Crippen molar-refractivity contribution >= 4 is 0 Å². The Labute approximate surface area is 138 Å². The van der Waals surface area contributed by atoms with E-state index in [-0.39, 0.29) is 0 Å². The Balaban J connectivity index is 1.62. The van der Waals surface area contributed by atoms with Crippen molar-refractivity contribution in [1.29, 1.82) is 0 Å². The number of ether oxygens (including phenoxy) is 1. The van der Waals surface area contributed by atoms with Crippen LogP contribution < -0.4 is 0 Å². The Morgan fingerprint density at radius 3 is 2.14 bits per heavy atom. The van der Waals surface area contributed by atoms with Gasteiger partial charge in [0.15, 0.2) is 0 Å². The zero-order valence-corrected chi connectivity index (χ0v) is 14.6. The van der Waals surface area contributed by atoms with E-state index in [2.05, 4.69) is 25.7 Å². The number of hydrogen-bond donors (Lipinski definition) is 0. The van der Waals surface area contributed by atoms with Crippen molar-refractivity contribution in [1.82, 2.24) is 0 Å². The molecule has 2 rings (SSSR count). The van der Waals surface area contributed by atoms with Gasteiger partial charge in [0.25, 0.3) is 0 Å². The molecule has 0 bridgehead atoms. The first kappa shape index (κ1) is 17.6. The molecule has 1 nitrogen and oxygen atoms in total. The van der Waals surface area contributed by atoms with Gasteiger partial charge in [0.1, 0.15) is 0 Å². The summed E-state index contributed by atoms with van der Waals surface area (Å²) in [6.45, 7) is 6.07. The van der Waals surface area contributed by atoms with Crippen LogP contribution >= 0.6 is 0 Å². The maximum absolute atomic E-state index is 5.89. The second kappa shape index (κ2) is 10.1. The van der Waals surface area contributed by atoms with E-state index in [0.29, 0.717) is 6.10 Å². The average Bonchev–Trinajstić information content (AvgIpc) is 2.58. The van der Waals surface area contributed by atoms with Crippen LogP contribution in [0.1, 0.15) is 84.0 Å². The minimum Gasteiger partial charge on any atom is -0.498 e. The molecule has 0 aromatic rings. The van der Waals surface area contributed by atoms with Gasteiger partial charge in [0.05, 0.1) is 12.4 Å². The fourth-order valence-electron chi connectivity index (χ4n) is 4.40. The molecule has 0 unspecified atom stereocenters. The molecule has 0 atom stereocenters. The van der Waals surface area contributed by atoms with Crippen LogP contribution in [0.2, 0.25) is 0 Å². The summed E-state index contributed by atoms with van der Waals surface area (Å²) in [5.74, 6) is 2.98. The lowest BCUT2D eigenvalue weighted by atomic mass is 9.70. The minimum absolute atomic E-state index is 0.494. The first-order valence-corrected chi connectivity index (χ1v) is 9.74. The number of hydrogen-bond acceptors (Lipinski definition) is 1. The van der Waals surface area contributed by atoms with E-state index < -0.39 is 0 Å². The van der Waals surface area contributed by atoms with Gasteiger partial charge in [0, 0.05) is 0 Å². The predicted molar refractivity (Wildman–Crippen MR) is 95.8 cm³/mol. The van der Waals surface area contributed by atoms with Crippen LogP contribution in [-0.2, 0) is 4.74 Å². The smallest absolute Gasteiger partial charge is 0.0978 e. The molecule has 0 radical (unpaired) electrons. The maximum Gasteiger partial charge on any atom is 0.0978 e. The molecule has 2 fully saturated rings. The fraction of sp³-hybridized carbons (Fsp3) is 0.810.